The average molecular weight is 296 g/mol. The van der Waals surface area contributed by atoms with Gasteiger partial charge in [-0.1, -0.05) is 53.7 Å². The van der Waals surface area contributed by atoms with Gasteiger partial charge in [-0.05, 0) is 40.6 Å². The lowest BCUT2D eigenvalue weighted by atomic mass is 10.1. The molecule has 0 aliphatic heterocycles. The maximum Gasteiger partial charge on any atom is 0.145 e. The fourth-order valence-corrected chi connectivity index (χ4v) is 2.64. The number of hydrogen-bond acceptors (Lipinski definition) is 3. The Morgan fingerprint density at radius 1 is 0.957 bits per heavy atom. The van der Waals surface area contributed by atoms with Crippen molar-refractivity contribution in [1.82, 2.24) is 15.0 Å². The van der Waals surface area contributed by atoms with Crippen LogP contribution in [0.2, 0.25) is 0 Å². The van der Waals surface area contributed by atoms with E-state index >= 15 is 0 Å². The summed E-state index contributed by atoms with van der Waals surface area (Å²) in [5, 5.41) is 20.0. The summed E-state index contributed by atoms with van der Waals surface area (Å²) < 4.78 is 1.57. The van der Waals surface area contributed by atoms with Gasteiger partial charge in [0.15, 0.2) is 0 Å². The third kappa shape index (κ3) is 2.34. The summed E-state index contributed by atoms with van der Waals surface area (Å²) in [5.74, 6) is 0. The van der Waals surface area contributed by atoms with Gasteiger partial charge in [0, 0.05) is 0 Å². The molecule has 0 aliphatic carbocycles. The number of rotatable bonds is 2. The van der Waals surface area contributed by atoms with Crippen molar-refractivity contribution in [1.29, 1.82) is 5.26 Å². The third-order valence-corrected chi connectivity index (χ3v) is 3.77. The first-order valence-corrected chi connectivity index (χ1v) is 7.26. The predicted molar refractivity (Wildman–Crippen MR) is 91.3 cm³/mol. The minimum Gasteiger partial charge on any atom is -0.202 e. The number of aromatic nitrogens is 3. The van der Waals surface area contributed by atoms with Gasteiger partial charge in [0.2, 0.25) is 0 Å². The molecule has 23 heavy (non-hydrogen) atoms. The van der Waals surface area contributed by atoms with Crippen molar-refractivity contribution in [2.75, 3.05) is 0 Å². The number of hydrogen-bond donors (Lipinski definition) is 0. The summed E-state index contributed by atoms with van der Waals surface area (Å²) in [7, 11) is 0. The van der Waals surface area contributed by atoms with Gasteiger partial charge in [-0.3, -0.25) is 0 Å². The van der Waals surface area contributed by atoms with Gasteiger partial charge >= 0.3 is 0 Å². The standard InChI is InChI=1S/C19H12N4/c20-13-17(23-19-8-4-3-7-18(19)21-22-23)12-14-9-10-15-5-1-2-6-16(15)11-14/h1-12H. The van der Waals surface area contributed by atoms with Crippen molar-refractivity contribution in [3.8, 4) is 6.07 Å². The van der Waals surface area contributed by atoms with Crippen LogP contribution >= 0.6 is 0 Å². The lowest BCUT2D eigenvalue weighted by Gasteiger charge is -2.02. The maximum absolute atomic E-state index is 9.52. The van der Waals surface area contributed by atoms with Crippen LogP contribution in [0, 0.1) is 11.3 Å². The second kappa shape index (κ2) is 5.39. The Kier molecular flexibility index (Phi) is 3.10. The van der Waals surface area contributed by atoms with Crippen LogP contribution in [0.25, 0.3) is 33.6 Å². The van der Waals surface area contributed by atoms with Gasteiger partial charge in [0.25, 0.3) is 0 Å². The van der Waals surface area contributed by atoms with E-state index in [1.165, 1.54) is 5.39 Å². The van der Waals surface area contributed by atoms with Crippen molar-refractivity contribution in [3.63, 3.8) is 0 Å². The average Bonchev–Trinajstić information content (AvgIpc) is 3.03. The minimum absolute atomic E-state index is 0.439. The van der Waals surface area contributed by atoms with Gasteiger partial charge in [0.1, 0.15) is 17.3 Å². The molecule has 108 valence electrons. The van der Waals surface area contributed by atoms with Crippen LogP contribution < -0.4 is 0 Å². The van der Waals surface area contributed by atoms with E-state index in [1.54, 1.807) is 4.68 Å². The molecular weight excluding hydrogens is 284 g/mol. The monoisotopic (exact) mass is 296 g/mol. The van der Waals surface area contributed by atoms with E-state index in [-0.39, 0.29) is 0 Å². The van der Waals surface area contributed by atoms with E-state index in [0.717, 1.165) is 22.0 Å². The molecule has 3 aromatic carbocycles. The van der Waals surface area contributed by atoms with Crippen molar-refractivity contribution in [2.45, 2.75) is 0 Å². The smallest absolute Gasteiger partial charge is 0.145 e. The van der Waals surface area contributed by atoms with Crippen LogP contribution in [0.5, 0.6) is 0 Å². The van der Waals surface area contributed by atoms with Gasteiger partial charge < -0.3 is 0 Å². The Labute approximate surface area is 132 Å². The summed E-state index contributed by atoms with van der Waals surface area (Å²) in [4.78, 5) is 0. The molecule has 0 radical (unpaired) electrons. The Balaban J connectivity index is 1.85. The third-order valence-electron chi connectivity index (χ3n) is 3.77. The first-order valence-electron chi connectivity index (χ1n) is 7.26. The molecule has 0 aliphatic rings. The van der Waals surface area contributed by atoms with Crippen LogP contribution in [0.15, 0.2) is 66.7 Å². The van der Waals surface area contributed by atoms with Crippen LogP contribution in [0.4, 0.5) is 0 Å². The van der Waals surface area contributed by atoms with Gasteiger partial charge in [-0.2, -0.15) is 5.26 Å². The molecule has 4 aromatic rings. The topological polar surface area (TPSA) is 54.5 Å². The Morgan fingerprint density at radius 2 is 1.74 bits per heavy atom. The summed E-state index contributed by atoms with van der Waals surface area (Å²) in [6.07, 6.45) is 1.83. The molecule has 0 saturated heterocycles. The van der Waals surface area contributed by atoms with Crippen molar-refractivity contribution in [2.24, 2.45) is 0 Å². The van der Waals surface area contributed by atoms with Crippen LogP contribution in [-0.2, 0) is 0 Å². The number of allylic oxidation sites excluding steroid dienone is 1. The molecule has 0 bridgehead atoms. The van der Waals surface area contributed by atoms with Crippen molar-refractivity contribution >= 4 is 33.6 Å². The summed E-state index contributed by atoms with van der Waals surface area (Å²) >= 11 is 0. The molecule has 0 amide bonds. The molecule has 1 aromatic heterocycles. The van der Waals surface area contributed by atoms with Crippen LogP contribution in [0.3, 0.4) is 0 Å². The first kappa shape index (κ1) is 13.2. The maximum atomic E-state index is 9.52. The predicted octanol–water partition coefficient (Wildman–Crippen LogP) is 4.11. The largest absolute Gasteiger partial charge is 0.202 e. The normalized spacial score (nSPS) is 11.7. The van der Waals surface area contributed by atoms with E-state index in [4.69, 9.17) is 0 Å². The molecule has 1 heterocycles. The van der Waals surface area contributed by atoms with E-state index in [2.05, 4.69) is 40.6 Å². The fraction of sp³-hybridized carbons (Fsp3) is 0. The zero-order valence-electron chi connectivity index (χ0n) is 12.2. The Hall–Kier alpha value is -3.45. The molecule has 4 heteroatoms. The summed E-state index contributed by atoms with van der Waals surface area (Å²) in [6, 6.07) is 24.1. The second-order valence-electron chi connectivity index (χ2n) is 5.24. The lowest BCUT2D eigenvalue weighted by molar-refractivity contribution is 0.848. The molecular formula is C19H12N4. The van der Waals surface area contributed by atoms with Crippen molar-refractivity contribution < 1.29 is 0 Å². The SMILES string of the molecule is N#CC(=Cc1ccc2ccccc2c1)n1nnc2ccccc21. The molecule has 0 fully saturated rings. The minimum atomic E-state index is 0.439. The molecule has 0 atom stereocenters. The number of benzene rings is 3. The number of nitrogens with zero attached hydrogens (tertiary/aromatic N) is 4. The van der Waals surface area contributed by atoms with E-state index in [9.17, 15) is 5.26 Å². The van der Waals surface area contributed by atoms with Crippen LogP contribution in [-0.4, -0.2) is 15.0 Å². The Morgan fingerprint density at radius 3 is 2.61 bits per heavy atom. The number of nitriles is 1. The zero-order valence-corrected chi connectivity index (χ0v) is 12.2. The zero-order chi connectivity index (χ0) is 15.6. The van der Waals surface area contributed by atoms with E-state index in [1.807, 2.05) is 48.5 Å². The van der Waals surface area contributed by atoms with Crippen molar-refractivity contribution in [3.05, 3.63) is 72.3 Å². The van der Waals surface area contributed by atoms with Gasteiger partial charge in [0.05, 0.1) is 5.52 Å². The van der Waals surface area contributed by atoms with E-state index < -0.39 is 0 Å². The number of para-hydroxylation sites is 1. The fourth-order valence-electron chi connectivity index (χ4n) is 2.64. The number of fused-ring (bicyclic) bond motifs is 2. The molecule has 0 N–H and O–H groups in total. The molecule has 4 nitrogen and oxygen atoms in total. The highest BCUT2D eigenvalue weighted by Gasteiger charge is 2.08. The lowest BCUT2D eigenvalue weighted by Crippen LogP contribution is -1.97. The molecule has 0 spiro atoms. The first-order chi connectivity index (χ1) is 11.3. The van der Waals surface area contributed by atoms with E-state index in [0.29, 0.717) is 5.70 Å². The molecule has 4 rings (SSSR count). The molecule has 0 unspecified atom stereocenters. The highest BCUT2D eigenvalue weighted by atomic mass is 15.4. The second-order valence-corrected chi connectivity index (χ2v) is 5.24. The summed E-state index contributed by atoms with van der Waals surface area (Å²) in [6.45, 7) is 0. The summed E-state index contributed by atoms with van der Waals surface area (Å²) in [5.41, 5.74) is 2.99. The van der Waals surface area contributed by atoms with Gasteiger partial charge in [-0.15, -0.1) is 5.10 Å². The highest BCUT2D eigenvalue weighted by Crippen LogP contribution is 2.20. The molecule has 0 saturated carbocycles. The Bertz CT molecular complexity index is 1080. The van der Waals surface area contributed by atoms with Gasteiger partial charge in [-0.25, -0.2) is 4.68 Å². The quantitative estimate of drug-likeness (QED) is 0.523. The van der Waals surface area contributed by atoms with Crippen LogP contribution in [0.1, 0.15) is 5.56 Å². The highest BCUT2D eigenvalue weighted by molar-refractivity contribution is 5.90.